The first-order valence-corrected chi connectivity index (χ1v) is 10.5. The number of nitrogens with one attached hydrogen (secondary N) is 2. The fraction of sp³-hybridized carbons (Fsp3) is 0.200. The van der Waals surface area contributed by atoms with E-state index in [2.05, 4.69) is 20.8 Å². The minimum atomic E-state index is -0.381. The number of benzene rings is 2. The molecule has 29 heavy (non-hydrogen) atoms. The van der Waals surface area contributed by atoms with Gasteiger partial charge in [-0.3, -0.25) is 9.59 Å². The summed E-state index contributed by atoms with van der Waals surface area (Å²) in [4.78, 5) is 24.0. The average molecular weight is 429 g/mol. The Bertz CT molecular complexity index is 1020. The second-order valence-corrected chi connectivity index (χ2v) is 8.68. The highest BCUT2D eigenvalue weighted by Gasteiger charge is 2.18. The Hall–Kier alpha value is -2.91. The number of aromatic nitrogens is 2. The highest BCUT2D eigenvalue weighted by Crippen LogP contribution is 2.31. The monoisotopic (exact) mass is 428 g/mol. The molecule has 1 amide bonds. The number of anilines is 3. The van der Waals surface area contributed by atoms with Crippen LogP contribution in [-0.2, 0) is 4.79 Å². The molecule has 1 unspecified atom stereocenters. The third-order valence-corrected chi connectivity index (χ3v) is 5.93. The molecule has 0 aliphatic heterocycles. The van der Waals surface area contributed by atoms with E-state index >= 15 is 0 Å². The van der Waals surface area contributed by atoms with E-state index < -0.39 is 0 Å². The summed E-state index contributed by atoms with van der Waals surface area (Å²) in [7, 11) is 1.61. The number of methoxy groups -OCH3 is 1. The molecule has 3 aromatic rings. The van der Waals surface area contributed by atoms with Crippen molar-refractivity contribution >= 4 is 51.3 Å². The molecule has 0 saturated carbocycles. The van der Waals surface area contributed by atoms with Crippen LogP contribution in [-0.4, -0.2) is 34.2 Å². The summed E-state index contributed by atoms with van der Waals surface area (Å²) in [5.74, 6) is 0.523. The Morgan fingerprint density at radius 2 is 1.86 bits per heavy atom. The molecule has 0 spiro atoms. The standard InChI is InChI=1S/C20H20N4O3S2/c1-12(25)14-6-4-7-15(10-14)21-18(26)13(2)28-20-24-23-19(29-20)22-16-8-5-9-17(11-16)27-3/h4-11,13H,1-3H3,(H,21,26)(H,22,23). The van der Waals surface area contributed by atoms with Crippen molar-refractivity contribution < 1.29 is 14.3 Å². The van der Waals surface area contributed by atoms with Gasteiger partial charge in [0.05, 0.1) is 12.4 Å². The predicted octanol–water partition coefficient (Wildman–Crippen LogP) is 4.61. The number of carbonyl (C=O) groups is 2. The van der Waals surface area contributed by atoms with Gasteiger partial charge < -0.3 is 15.4 Å². The summed E-state index contributed by atoms with van der Waals surface area (Å²) in [6, 6.07) is 14.4. The molecule has 2 N–H and O–H groups in total. The summed E-state index contributed by atoms with van der Waals surface area (Å²) in [5.41, 5.74) is 1.99. The second kappa shape index (κ2) is 9.53. The van der Waals surface area contributed by atoms with E-state index in [4.69, 9.17) is 4.74 Å². The third-order valence-electron chi connectivity index (χ3n) is 3.91. The van der Waals surface area contributed by atoms with Crippen molar-refractivity contribution in [1.82, 2.24) is 10.2 Å². The summed E-state index contributed by atoms with van der Waals surface area (Å²) in [6.07, 6.45) is 0. The zero-order valence-corrected chi connectivity index (χ0v) is 17.8. The van der Waals surface area contributed by atoms with Crippen LogP contribution in [0.2, 0.25) is 0 Å². The Morgan fingerprint density at radius 3 is 2.62 bits per heavy atom. The summed E-state index contributed by atoms with van der Waals surface area (Å²) >= 11 is 2.69. The lowest BCUT2D eigenvalue weighted by atomic mass is 10.1. The zero-order valence-electron chi connectivity index (χ0n) is 16.1. The van der Waals surface area contributed by atoms with Gasteiger partial charge in [-0.05, 0) is 38.1 Å². The Kier molecular flexibility index (Phi) is 6.84. The van der Waals surface area contributed by atoms with Crippen LogP contribution in [0.4, 0.5) is 16.5 Å². The van der Waals surface area contributed by atoms with Gasteiger partial charge in [0.15, 0.2) is 10.1 Å². The highest BCUT2D eigenvalue weighted by atomic mass is 32.2. The Labute approximate surface area is 176 Å². The van der Waals surface area contributed by atoms with E-state index in [1.807, 2.05) is 24.3 Å². The van der Waals surface area contributed by atoms with Crippen molar-refractivity contribution in [2.24, 2.45) is 0 Å². The molecule has 3 rings (SSSR count). The number of amides is 1. The van der Waals surface area contributed by atoms with Gasteiger partial charge in [-0.25, -0.2) is 0 Å². The van der Waals surface area contributed by atoms with Gasteiger partial charge in [-0.1, -0.05) is 41.3 Å². The SMILES string of the molecule is COc1cccc(Nc2nnc(SC(C)C(=O)Nc3cccc(C(C)=O)c3)s2)c1. The second-order valence-electron chi connectivity index (χ2n) is 6.12. The maximum Gasteiger partial charge on any atom is 0.237 e. The number of rotatable bonds is 8. The Balaban J connectivity index is 1.59. The number of ketones is 1. The van der Waals surface area contributed by atoms with Crippen molar-refractivity contribution in [3.05, 3.63) is 54.1 Å². The number of ether oxygens (including phenoxy) is 1. The van der Waals surface area contributed by atoms with Gasteiger partial charge >= 0.3 is 0 Å². The van der Waals surface area contributed by atoms with E-state index in [1.165, 1.54) is 30.0 Å². The van der Waals surface area contributed by atoms with Crippen molar-refractivity contribution in [2.45, 2.75) is 23.4 Å². The van der Waals surface area contributed by atoms with E-state index in [9.17, 15) is 9.59 Å². The fourth-order valence-corrected chi connectivity index (χ4v) is 4.31. The summed E-state index contributed by atoms with van der Waals surface area (Å²) in [5, 5.41) is 14.5. The summed E-state index contributed by atoms with van der Waals surface area (Å²) in [6.45, 7) is 3.29. The molecule has 150 valence electrons. The molecule has 0 aliphatic carbocycles. The van der Waals surface area contributed by atoms with Crippen LogP contribution in [0.5, 0.6) is 5.75 Å². The van der Waals surface area contributed by atoms with Crippen LogP contribution in [0.1, 0.15) is 24.2 Å². The molecule has 1 atom stereocenters. The van der Waals surface area contributed by atoms with Crippen LogP contribution in [0, 0.1) is 0 Å². The number of carbonyl (C=O) groups excluding carboxylic acids is 2. The van der Waals surface area contributed by atoms with Gasteiger partial charge in [-0.2, -0.15) is 0 Å². The lowest BCUT2D eigenvalue weighted by Crippen LogP contribution is -2.22. The van der Waals surface area contributed by atoms with Crippen LogP contribution >= 0.6 is 23.1 Å². The summed E-state index contributed by atoms with van der Waals surface area (Å²) < 4.78 is 5.88. The smallest absolute Gasteiger partial charge is 0.237 e. The zero-order chi connectivity index (χ0) is 20.8. The first-order valence-electron chi connectivity index (χ1n) is 8.77. The van der Waals surface area contributed by atoms with Crippen molar-refractivity contribution in [1.29, 1.82) is 0 Å². The minimum absolute atomic E-state index is 0.0477. The number of nitrogens with zero attached hydrogens (tertiary/aromatic N) is 2. The van der Waals surface area contributed by atoms with Crippen LogP contribution in [0.3, 0.4) is 0 Å². The lowest BCUT2D eigenvalue weighted by Gasteiger charge is -2.10. The van der Waals surface area contributed by atoms with Crippen LogP contribution in [0.25, 0.3) is 0 Å². The number of Topliss-reactive ketones (excluding diaryl/α,β-unsaturated/α-hetero) is 1. The third kappa shape index (κ3) is 5.78. The highest BCUT2D eigenvalue weighted by molar-refractivity contribution is 8.02. The molecule has 0 aliphatic rings. The number of thioether (sulfide) groups is 1. The molecular formula is C20H20N4O3S2. The first kappa shape index (κ1) is 20.8. The minimum Gasteiger partial charge on any atom is -0.497 e. The topological polar surface area (TPSA) is 93.2 Å². The largest absolute Gasteiger partial charge is 0.497 e. The van der Waals surface area contributed by atoms with Gasteiger partial charge in [0.2, 0.25) is 11.0 Å². The van der Waals surface area contributed by atoms with E-state index in [1.54, 1.807) is 38.3 Å². The molecule has 7 nitrogen and oxygen atoms in total. The lowest BCUT2D eigenvalue weighted by molar-refractivity contribution is -0.115. The van der Waals surface area contributed by atoms with E-state index in [-0.39, 0.29) is 16.9 Å². The van der Waals surface area contributed by atoms with Gasteiger partial charge in [0.25, 0.3) is 0 Å². The molecule has 2 aromatic carbocycles. The predicted molar refractivity (Wildman–Crippen MR) is 117 cm³/mol. The molecular weight excluding hydrogens is 408 g/mol. The van der Waals surface area contributed by atoms with Gasteiger partial charge in [0.1, 0.15) is 5.75 Å². The van der Waals surface area contributed by atoms with E-state index in [0.717, 1.165) is 11.4 Å². The fourth-order valence-electron chi connectivity index (χ4n) is 2.40. The maximum absolute atomic E-state index is 12.5. The molecule has 9 heteroatoms. The van der Waals surface area contributed by atoms with Gasteiger partial charge in [0, 0.05) is 23.0 Å². The van der Waals surface area contributed by atoms with Gasteiger partial charge in [-0.15, -0.1) is 10.2 Å². The normalized spacial score (nSPS) is 11.6. The van der Waals surface area contributed by atoms with Crippen LogP contribution < -0.4 is 15.4 Å². The molecule has 0 bridgehead atoms. The maximum atomic E-state index is 12.5. The average Bonchev–Trinajstić information content (AvgIpc) is 3.14. The molecule has 1 heterocycles. The van der Waals surface area contributed by atoms with Crippen LogP contribution in [0.15, 0.2) is 52.9 Å². The van der Waals surface area contributed by atoms with Crippen molar-refractivity contribution in [2.75, 3.05) is 17.7 Å². The molecule has 0 saturated heterocycles. The number of hydrogen-bond acceptors (Lipinski definition) is 8. The molecule has 0 fully saturated rings. The first-order chi connectivity index (χ1) is 13.9. The van der Waals surface area contributed by atoms with Crippen molar-refractivity contribution in [3.8, 4) is 5.75 Å². The number of hydrogen-bond donors (Lipinski definition) is 2. The van der Waals surface area contributed by atoms with E-state index in [0.29, 0.717) is 20.7 Å². The molecule has 1 aromatic heterocycles. The quantitative estimate of drug-likeness (QED) is 0.400. The molecule has 0 radical (unpaired) electrons. The van der Waals surface area contributed by atoms with Crippen molar-refractivity contribution in [3.63, 3.8) is 0 Å². The Morgan fingerprint density at radius 1 is 1.10 bits per heavy atom.